The van der Waals surface area contributed by atoms with E-state index in [0.29, 0.717) is 28.9 Å². The lowest BCUT2D eigenvalue weighted by Crippen LogP contribution is -2.25. The Kier molecular flexibility index (Phi) is 6.61. The van der Waals surface area contributed by atoms with E-state index in [9.17, 15) is 4.79 Å². The molecule has 29 heavy (non-hydrogen) atoms. The van der Waals surface area contributed by atoms with E-state index in [1.807, 2.05) is 43.3 Å². The lowest BCUT2D eigenvalue weighted by atomic mass is 10.2. The molecule has 0 fully saturated rings. The summed E-state index contributed by atoms with van der Waals surface area (Å²) in [5, 5.41) is 11.4. The molecule has 0 spiro atoms. The molecule has 0 saturated carbocycles. The number of nitrogen functional groups attached to an aromatic ring is 1. The predicted molar refractivity (Wildman–Crippen MR) is 114 cm³/mol. The third kappa shape index (κ3) is 4.62. The van der Waals surface area contributed by atoms with Crippen molar-refractivity contribution in [1.82, 2.24) is 14.9 Å². The molecule has 0 saturated heterocycles. The van der Waals surface area contributed by atoms with Crippen molar-refractivity contribution in [2.24, 2.45) is 0 Å². The maximum absolute atomic E-state index is 12.6. The number of benzene rings is 2. The zero-order chi connectivity index (χ0) is 20.8. The van der Waals surface area contributed by atoms with Crippen LogP contribution in [0.1, 0.15) is 13.3 Å². The topological polar surface area (TPSA) is 104 Å². The predicted octanol–water partition coefficient (Wildman–Crippen LogP) is 3.19. The van der Waals surface area contributed by atoms with Gasteiger partial charge in [0.2, 0.25) is 11.1 Å². The molecular formula is C20H23N5O3S. The third-order valence-corrected chi connectivity index (χ3v) is 5.58. The lowest BCUT2D eigenvalue weighted by Gasteiger charge is -2.14. The van der Waals surface area contributed by atoms with Crippen LogP contribution in [0.2, 0.25) is 0 Å². The molecule has 9 heteroatoms. The van der Waals surface area contributed by atoms with Crippen LogP contribution in [0.5, 0.6) is 11.5 Å². The molecule has 0 bridgehead atoms. The lowest BCUT2D eigenvalue weighted by molar-refractivity contribution is -0.115. The number of para-hydroxylation sites is 1. The average molecular weight is 414 g/mol. The summed E-state index contributed by atoms with van der Waals surface area (Å²) in [7, 11) is 3.14. The van der Waals surface area contributed by atoms with Crippen molar-refractivity contribution in [3.8, 4) is 22.9 Å². The molecule has 152 valence electrons. The molecule has 1 aromatic heterocycles. The Hall–Kier alpha value is -3.20. The van der Waals surface area contributed by atoms with Crippen LogP contribution < -0.4 is 20.6 Å². The van der Waals surface area contributed by atoms with Crippen molar-refractivity contribution in [2.75, 3.05) is 25.4 Å². The van der Waals surface area contributed by atoms with Crippen molar-refractivity contribution < 1.29 is 14.3 Å². The Morgan fingerprint density at radius 1 is 1.14 bits per heavy atom. The summed E-state index contributed by atoms with van der Waals surface area (Å²) in [6, 6.07) is 14.7. The van der Waals surface area contributed by atoms with E-state index in [1.54, 1.807) is 26.4 Å². The number of nitrogens with zero attached hydrogens (tertiary/aromatic N) is 3. The fourth-order valence-corrected chi connectivity index (χ4v) is 3.60. The van der Waals surface area contributed by atoms with Gasteiger partial charge in [-0.25, -0.2) is 4.68 Å². The molecule has 1 heterocycles. The number of methoxy groups -OCH3 is 2. The van der Waals surface area contributed by atoms with E-state index in [4.69, 9.17) is 15.3 Å². The standard InChI is InChI=1S/C20H23N5O3S/c1-4-17(19(26)22-14-8-6-5-7-9-14)29-20-24-23-18(25(20)21)13-10-11-15(27-2)16(12-13)28-3/h5-12,17H,4,21H2,1-3H3,(H,22,26). The molecule has 2 aromatic carbocycles. The van der Waals surface area contributed by atoms with Gasteiger partial charge in [0, 0.05) is 11.3 Å². The van der Waals surface area contributed by atoms with E-state index >= 15 is 0 Å². The minimum Gasteiger partial charge on any atom is -0.493 e. The molecule has 0 aliphatic rings. The molecule has 0 aliphatic heterocycles. The number of nitrogens with two attached hydrogens (primary N) is 1. The number of hydrogen-bond acceptors (Lipinski definition) is 7. The fraction of sp³-hybridized carbons (Fsp3) is 0.250. The summed E-state index contributed by atoms with van der Waals surface area (Å²) in [6.45, 7) is 1.94. The number of carbonyl (C=O) groups is 1. The first-order chi connectivity index (χ1) is 14.1. The number of carbonyl (C=O) groups excluding carboxylic acids is 1. The van der Waals surface area contributed by atoms with Gasteiger partial charge in [-0.2, -0.15) is 0 Å². The molecule has 3 rings (SSSR count). The molecule has 3 aromatic rings. The van der Waals surface area contributed by atoms with Crippen LogP contribution in [0.3, 0.4) is 0 Å². The fourth-order valence-electron chi connectivity index (χ4n) is 2.72. The summed E-state index contributed by atoms with van der Waals surface area (Å²) in [5.41, 5.74) is 1.48. The summed E-state index contributed by atoms with van der Waals surface area (Å²) < 4.78 is 12.0. The summed E-state index contributed by atoms with van der Waals surface area (Å²) >= 11 is 1.27. The second-order valence-corrected chi connectivity index (χ2v) is 7.29. The number of anilines is 1. The van der Waals surface area contributed by atoms with Crippen LogP contribution in [0, 0.1) is 0 Å². The first kappa shape index (κ1) is 20.5. The van der Waals surface area contributed by atoms with Crippen LogP contribution in [0.4, 0.5) is 5.69 Å². The SMILES string of the molecule is CCC(Sc1nnc(-c2ccc(OC)c(OC)c2)n1N)C(=O)Nc1ccccc1. The number of rotatable bonds is 8. The Morgan fingerprint density at radius 3 is 2.52 bits per heavy atom. The van der Waals surface area contributed by atoms with Crippen LogP contribution in [0.25, 0.3) is 11.4 Å². The summed E-state index contributed by atoms with van der Waals surface area (Å²) in [6.07, 6.45) is 0.613. The highest BCUT2D eigenvalue weighted by atomic mass is 32.2. The second kappa shape index (κ2) is 9.33. The van der Waals surface area contributed by atoms with E-state index in [2.05, 4.69) is 15.5 Å². The Morgan fingerprint density at radius 2 is 1.86 bits per heavy atom. The molecule has 1 unspecified atom stereocenters. The average Bonchev–Trinajstić information content (AvgIpc) is 3.12. The highest BCUT2D eigenvalue weighted by Crippen LogP contribution is 2.33. The molecule has 0 radical (unpaired) electrons. The van der Waals surface area contributed by atoms with Gasteiger partial charge in [-0.15, -0.1) is 10.2 Å². The summed E-state index contributed by atoms with van der Waals surface area (Å²) in [4.78, 5) is 12.6. The zero-order valence-electron chi connectivity index (χ0n) is 16.5. The highest BCUT2D eigenvalue weighted by molar-refractivity contribution is 8.00. The van der Waals surface area contributed by atoms with Crippen molar-refractivity contribution >= 4 is 23.4 Å². The van der Waals surface area contributed by atoms with Crippen molar-refractivity contribution in [3.05, 3.63) is 48.5 Å². The minimum absolute atomic E-state index is 0.112. The normalized spacial score (nSPS) is 11.7. The largest absolute Gasteiger partial charge is 0.493 e. The maximum Gasteiger partial charge on any atom is 0.237 e. The first-order valence-corrected chi connectivity index (χ1v) is 9.90. The minimum atomic E-state index is -0.361. The number of thioether (sulfide) groups is 1. The van der Waals surface area contributed by atoms with Crippen LogP contribution in [-0.2, 0) is 4.79 Å². The Bertz CT molecular complexity index is 978. The van der Waals surface area contributed by atoms with Gasteiger partial charge in [-0.05, 0) is 36.8 Å². The van der Waals surface area contributed by atoms with Gasteiger partial charge >= 0.3 is 0 Å². The number of aromatic nitrogens is 3. The maximum atomic E-state index is 12.6. The number of hydrogen-bond donors (Lipinski definition) is 2. The monoisotopic (exact) mass is 413 g/mol. The first-order valence-electron chi connectivity index (χ1n) is 9.02. The Labute approximate surface area is 173 Å². The smallest absolute Gasteiger partial charge is 0.237 e. The van der Waals surface area contributed by atoms with E-state index in [-0.39, 0.29) is 11.2 Å². The number of ether oxygens (including phenoxy) is 2. The van der Waals surface area contributed by atoms with Gasteiger partial charge in [0.05, 0.1) is 19.5 Å². The summed E-state index contributed by atoms with van der Waals surface area (Å²) in [5.74, 6) is 7.75. The van der Waals surface area contributed by atoms with Gasteiger partial charge in [-0.3, -0.25) is 4.79 Å². The zero-order valence-corrected chi connectivity index (χ0v) is 17.3. The molecule has 1 atom stereocenters. The van der Waals surface area contributed by atoms with Crippen LogP contribution in [-0.4, -0.2) is 40.3 Å². The van der Waals surface area contributed by atoms with Crippen LogP contribution >= 0.6 is 11.8 Å². The quantitative estimate of drug-likeness (QED) is 0.432. The van der Waals surface area contributed by atoms with Gasteiger partial charge in [-0.1, -0.05) is 36.9 Å². The third-order valence-electron chi connectivity index (χ3n) is 4.26. The number of amides is 1. The highest BCUT2D eigenvalue weighted by Gasteiger charge is 2.23. The number of nitrogens with one attached hydrogen (secondary N) is 1. The molecule has 8 nitrogen and oxygen atoms in total. The second-order valence-electron chi connectivity index (χ2n) is 6.12. The van der Waals surface area contributed by atoms with Crippen molar-refractivity contribution in [2.45, 2.75) is 23.8 Å². The molecule has 1 amide bonds. The van der Waals surface area contributed by atoms with Crippen LogP contribution in [0.15, 0.2) is 53.7 Å². The van der Waals surface area contributed by atoms with Gasteiger partial charge in [0.25, 0.3) is 0 Å². The van der Waals surface area contributed by atoms with E-state index < -0.39 is 0 Å². The van der Waals surface area contributed by atoms with Gasteiger partial charge in [0.15, 0.2) is 17.3 Å². The van der Waals surface area contributed by atoms with Gasteiger partial charge in [0.1, 0.15) is 0 Å². The molecular weight excluding hydrogens is 390 g/mol. The molecule has 0 aliphatic carbocycles. The van der Waals surface area contributed by atoms with Gasteiger partial charge < -0.3 is 20.6 Å². The van der Waals surface area contributed by atoms with E-state index in [0.717, 1.165) is 11.3 Å². The van der Waals surface area contributed by atoms with Crippen molar-refractivity contribution in [1.29, 1.82) is 0 Å². The van der Waals surface area contributed by atoms with E-state index in [1.165, 1.54) is 16.4 Å². The van der Waals surface area contributed by atoms with Crippen molar-refractivity contribution in [3.63, 3.8) is 0 Å². The molecule has 3 N–H and O–H groups in total. The Balaban J connectivity index is 1.78.